The summed E-state index contributed by atoms with van der Waals surface area (Å²) in [6.45, 7) is -1.88. The quantitative estimate of drug-likeness (QED) is 0.467. The van der Waals surface area contributed by atoms with Gasteiger partial charge < -0.3 is 10.4 Å². The van der Waals surface area contributed by atoms with Crippen LogP contribution >= 0.6 is 0 Å². The average Bonchev–Trinajstić information content (AvgIpc) is 2.45. The Morgan fingerprint density at radius 3 is 1.42 bits per heavy atom. The van der Waals surface area contributed by atoms with Crippen LogP contribution in [0.2, 0.25) is 0 Å². The lowest BCUT2D eigenvalue weighted by atomic mass is 9.93. The fourth-order valence-electron chi connectivity index (χ4n) is 1.30. The van der Waals surface area contributed by atoms with Gasteiger partial charge in [-0.1, -0.05) is 0 Å². The van der Waals surface area contributed by atoms with Gasteiger partial charge in [-0.3, -0.25) is 4.79 Å². The Hall–Kier alpha value is -1.48. The van der Waals surface area contributed by atoms with Crippen LogP contribution in [0.3, 0.4) is 0 Å². The van der Waals surface area contributed by atoms with Crippen molar-refractivity contribution in [2.45, 2.75) is 42.2 Å². The molecule has 0 aromatic rings. The third-order valence-electron chi connectivity index (χ3n) is 2.84. The van der Waals surface area contributed by atoms with Crippen molar-refractivity contribution < 1.29 is 67.0 Å². The first-order chi connectivity index (χ1) is 11.2. The second kappa shape index (κ2) is 6.92. The maximum Gasteiger partial charge on any atom is 0.460 e. The largest absolute Gasteiger partial charge is 0.460 e. The SMILES string of the molecule is O=C(NCCCO)C(F)(F)C(F)(F)C(F)(F)C(F)(F)C(F)(F)C(F)(F)F. The van der Waals surface area contributed by atoms with Crippen LogP contribution in [-0.4, -0.2) is 60.0 Å². The summed E-state index contributed by atoms with van der Waals surface area (Å²) in [5.41, 5.74) is 0. The Kier molecular flexibility index (Phi) is 6.53. The van der Waals surface area contributed by atoms with Crippen LogP contribution in [0.25, 0.3) is 0 Å². The van der Waals surface area contributed by atoms with Gasteiger partial charge in [-0.25, -0.2) is 0 Å². The van der Waals surface area contributed by atoms with Crippen LogP contribution in [0.5, 0.6) is 0 Å². The lowest BCUT2D eigenvalue weighted by Gasteiger charge is -2.39. The molecule has 0 aliphatic heterocycles. The van der Waals surface area contributed by atoms with Crippen molar-refractivity contribution in [1.82, 2.24) is 5.32 Å². The molecule has 0 aliphatic rings. The highest BCUT2D eigenvalue weighted by Crippen LogP contribution is 2.60. The topological polar surface area (TPSA) is 49.3 Å². The Labute approximate surface area is 135 Å². The van der Waals surface area contributed by atoms with Gasteiger partial charge >= 0.3 is 35.8 Å². The van der Waals surface area contributed by atoms with Crippen LogP contribution in [-0.2, 0) is 4.79 Å². The molecule has 0 saturated carbocycles. The van der Waals surface area contributed by atoms with E-state index < -0.39 is 61.3 Å². The highest BCUT2D eigenvalue weighted by Gasteiger charge is 2.91. The first-order valence-corrected chi connectivity index (χ1v) is 6.08. The van der Waals surface area contributed by atoms with E-state index in [4.69, 9.17) is 5.11 Å². The van der Waals surface area contributed by atoms with Gasteiger partial charge in [-0.15, -0.1) is 0 Å². The van der Waals surface area contributed by atoms with Crippen LogP contribution in [0.1, 0.15) is 6.42 Å². The number of alkyl halides is 13. The van der Waals surface area contributed by atoms with Gasteiger partial charge in [-0.05, 0) is 6.42 Å². The predicted octanol–water partition coefficient (Wildman–Crippen LogP) is 3.22. The predicted molar refractivity (Wildman–Crippen MR) is 55.5 cm³/mol. The molecule has 26 heavy (non-hydrogen) atoms. The minimum absolute atomic E-state index is 0.591. The zero-order valence-electron chi connectivity index (χ0n) is 11.9. The molecule has 0 atom stereocenters. The van der Waals surface area contributed by atoms with Crippen molar-refractivity contribution in [3.63, 3.8) is 0 Å². The van der Waals surface area contributed by atoms with Gasteiger partial charge in [0, 0.05) is 13.2 Å². The molecule has 0 bridgehead atoms. The Morgan fingerprint density at radius 1 is 0.692 bits per heavy atom. The summed E-state index contributed by atoms with van der Waals surface area (Å²) >= 11 is 0. The van der Waals surface area contributed by atoms with Crippen molar-refractivity contribution in [1.29, 1.82) is 0 Å². The summed E-state index contributed by atoms with van der Waals surface area (Å²) in [5.74, 6) is -41.7. The number of hydrogen-bond acceptors (Lipinski definition) is 2. The number of carbonyl (C=O) groups excluding carboxylic acids is 1. The van der Waals surface area contributed by atoms with Crippen LogP contribution in [0.15, 0.2) is 0 Å². The van der Waals surface area contributed by atoms with E-state index in [0.717, 1.165) is 5.32 Å². The molecule has 156 valence electrons. The summed E-state index contributed by atoms with van der Waals surface area (Å²) in [4.78, 5) is 10.8. The van der Waals surface area contributed by atoms with Crippen molar-refractivity contribution >= 4 is 5.91 Å². The monoisotopic (exact) mass is 421 g/mol. The zero-order chi connectivity index (χ0) is 21.4. The van der Waals surface area contributed by atoms with Crippen LogP contribution in [0.4, 0.5) is 57.1 Å². The van der Waals surface area contributed by atoms with Crippen LogP contribution in [0, 0.1) is 0 Å². The summed E-state index contributed by atoms with van der Waals surface area (Å²) in [5, 5.41) is 9.05. The van der Waals surface area contributed by atoms with E-state index in [2.05, 4.69) is 0 Å². The van der Waals surface area contributed by atoms with E-state index in [9.17, 15) is 61.9 Å². The van der Waals surface area contributed by atoms with Gasteiger partial charge in [0.25, 0.3) is 5.91 Å². The summed E-state index contributed by atoms with van der Waals surface area (Å²) in [6.07, 6.45) is -8.10. The number of rotatable bonds is 8. The highest BCUT2D eigenvalue weighted by atomic mass is 19.4. The second-order valence-electron chi connectivity index (χ2n) is 4.70. The minimum Gasteiger partial charge on any atom is -0.396 e. The molecular weight excluding hydrogens is 413 g/mol. The molecule has 0 spiro atoms. The standard InChI is InChI=1S/C10H8F13NO2/c11-5(12,4(26)24-2-1-3-25)6(13,14)7(15,16)8(17,18)9(19,20)10(21,22)23/h25H,1-3H2,(H,24,26). The van der Waals surface area contributed by atoms with Crippen molar-refractivity contribution in [2.24, 2.45) is 0 Å². The molecule has 0 aliphatic carbocycles. The number of halogens is 13. The highest BCUT2D eigenvalue weighted by molar-refractivity contribution is 5.84. The van der Waals surface area contributed by atoms with Gasteiger partial charge in [0.2, 0.25) is 0 Å². The summed E-state index contributed by atoms with van der Waals surface area (Å²) < 4.78 is 165. The molecule has 2 N–H and O–H groups in total. The number of carbonyl (C=O) groups is 1. The normalized spacial score (nSPS) is 15.2. The van der Waals surface area contributed by atoms with Crippen molar-refractivity contribution in [2.75, 3.05) is 13.2 Å². The minimum atomic E-state index is -8.05. The molecule has 3 nitrogen and oxygen atoms in total. The van der Waals surface area contributed by atoms with Crippen molar-refractivity contribution in [3.05, 3.63) is 0 Å². The molecule has 0 heterocycles. The van der Waals surface area contributed by atoms with E-state index in [1.165, 1.54) is 0 Å². The molecule has 1 amide bonds. The van der Waals surface area contributed by atoms with Gasteiger partial charge in [-0.2, -0.15) is 57.1 Å². The third kappa shape index (κ3) is 3.51. The molecular formula is C10H8F13NO2. The molecule has 0 unspecified atom stereocenters. The molecule has 0 radical (unpaired) electrons. The Morgan fingerprint density at radius 2 is 1.08 bits per heavy atom. The lowest BCUT2D eigenvalue weighted by molar-refractivity contribution is -0.436. The number of nitrogens with one attached hydrogen (secondary N) is 1. The van der Waals surface area contributed by atoms with E-state index in [0.29, 0.717) is 0 Å². The van der Waals surface area contributed by atoms with E-state index >= 15 is 0 Å². The van der Waals surface area contributed by atoms with Gasteiger partial charge in [0.05, 0.1) is 0 Å². The van der Waals surface area contributed by atoms with Gasteiger partial charge in [0.1, 0.15) is 0 Å². The third-order valence-corrected chi connectivity index (χ3v) is 2.84. The first-order valence-electron chi connectivity index (χ1n) is 6.08. The zero-order valence-corrected chi connectivity index (χ0v) is 11.9. The molecule has 0 fully saturated rings. The van der Waals surface area contributed by atoms with Crippen LogP contribution < -0.4 is 5.32 Å². The lowest BCUT2D eigenvalue weighted by Crippen LogP contribution is -2.72. The van der Waals surface area contributed by atoms with E-state index in [1.807, 2.05) is 0 Å². The fourth-order valence-corrected chi connectivity index (χ4v) is 1.30. The smallest absolute Gasteiger partial charge is 0.396 e. The Bertz CT molecular complexity index is 514. The first kappa shape index (κ1) is 24.5. The maximum absolute atomic E-state index is 13.2. The Balaban J connectivity index is 6.04. The fraction of sp³-hybridized carbons (Fsp3) is 0.900. The number of hydrogen-bond donors (Lipinski definition) is 2. The van der Waals surface area contributed by atoms with Gasteiger partial charge in [0.15, 0.2) is 0 Å². The van der Waals surface area contributed by atoms with E-state index in [-0.39, 0.29) is 0 Å². The maximum atomic E-state index is 13.2. The molecule has 0 aromatic heterocycles. The number of amides is 1. The summed E-state index contributed by atoms with van der Waals surface area (Å²) in [6, 6.07) is 0. The van der Waals surface area contributed by atoms with Crippen molar-refractivity contribution in [3.8, 4) is 0 Å². The summed E-state index contributed by atoms with van der Waals surface area (Å²) in [7, 11) is 0. The van der Waals surface area contributed by atoms with E-state index in [1.54, 1.807) is 0 Å². The molecule has 0 saturated heterocycles. The molecule has 0 aromatic carbocycles. The molecule has 16 heteroatoms. The molecule has 0 rings (SSSR count). The number of aliphatic hydroxyl groups excluding tert-OH is 1. The number of aliphatic hydroxyl groups is 1. The second-order valence-corrected chi connectivity index (χ2v) is 4.70. The average molecular weight is 421 g/mol.